The molecule has 1 fully saturated rings. The number of benzene rings is 1. The van der Waals surface area contributed by atoms with Crippen LogP contribution in [0.2, 0.25) is 0 Å². The van der Waals surface area contributed by atoms with Gasteiger partial charge < -0.3 is 14.4 Å². The molecule has 1 atom stereocenters. The van der Waals surface area contributed by atoms with Crippen LogP contribution in [0.1, 0.15) is 83.3 Å². The van der Waals surface area contributed by atoms with Gasteiger partial charge in [-0.25, -0.2) is 13.4 Å². The average molecular weight is 567 g/mol. The average Bonchev–Trinajstić information content (AvgIpc) is 3.40. The topological polar surface area (TPSA) is 112 Å². The fourth-order valence-corrected chi connectivity index (χ4v) is 6.96. The van der Waals surface area contributed by atoms with E-state index in [4.69, 9.17) is 9.05 Å². The summed E-state index contributed by atoms with van der Waals surface area (Å²) in [7, 11) is -6.56. The van der Waals surface area contributed by atoms with E-state index >= 15 is 0 Å². The number of nitrogens with zero attached hydrogens (tertiary/aromatic N) is 1. The number of nitrogens with one attached hydrogen (secondary N) is 1. The van der Waals surface area contributed by atoms with E-state index in [0.29, 0.717) is 23.7 Å². The second-order valence-corrected chi connectivity index (χ2v) is 13.3. The van der Waals surface area contributed by atoms with E-state index < -0.39 is 23.4 Å². The monoisotopic (exact) mass is 566 g/mol. The predicted octanol–water partition coefficient (Wildman–Crippen LogP) is 6.97. The van der Waals surface area contributed by atoms with E-state index in [0.717, 1.165) is 12.0 Å². The normalized spacial score (nSPS) is 15.0. The van der Waals surface area contributed by atoms with Gasteiger partial charge in [0.1, 0.15) is 5.82 Å². The molecule has 0 saturated heterocycles. The summed E-state index contributed by atoms with van der Waals surface area (Å²) >= 11 is 0. The molecule has 1 aromatic heterocycles. The molecule has 1 saturated carbocycles. The molecule has 0 unspecified atom stereocenters. The Morgan fingerprint density at radius 2 is 1.66 bits per heavy atom. The van der Waals surface area contributed by atoms with Crippen molar-refractivity contribution in [1.82, 2.24) is 4.98 Å². The first-order valence-electron chi connectivity index (χ1n) is 13.6. The third kappa shape index (κ3) is 9.92. The summed E-state index contributed by atoms with van der Waals surface area (Å²) in [6.45, 7) is 8.10. The summed E-state index contributed by atoms with van der Waals surface area (Å²) in [5.74, 6) is 0.413. The van der Waals surface area contributed by atoms with E-state index in [9.17, 15) is 17.8 Å². The van der Waals surface area contributed by atoms with Crippen LogP contribution >= 0.6 is 7.60 Å². The highest BCUT2D eigenvalue weighted by molar-refractivity contribution is 7.90. The van der Waals surface area contributed by atoms with Crippen molar-refractivity contribution in [3.8, 4) is 0 Å². The lowest BCUT2D eigenvalue weighted by atomic mass is 9.89. The van der Waals surface area contributed by atoms with Crippen LogP contribution in [-0.2, 0) is 34.4 Å². The Kier molecular flexibility index (Phi) is 13.1. The number of rotatable bonds is 13. The molecule has 10 heteroatoms. The van der Waals surface area contributed by atoms with E-state index in [2.05, 4.69) is 10.3 Å². The Bertz CT molecular complexity index is 1140. The van der Waals surface area contributed by atoms with Gasteiger partial charge in [0, 0.05) is 12.5 Å². The largest absolute Gasteiger partial charge is 0.335 e. The van der Waals surface area contributed by atoms with Crippen molar-refractivity contribution in [1.29, 1.82) is 0 Å². The zero-order chi connectivity index (χ0) is 28.2. The van der Waals surface area contributed by atoms with Gasteiger partial charge in [0.2, 0.25) is 5.91 Å². The first kappa shape index (κ1) is 32.2. The molecule has 1 amide bonds. The minimum absolute atomic E-state index is 0.104. The molecule has 0 aliphatic heterocycles. The summed E-state index contributed by atoms with van der Waals surface area (Å²) in [5, 5.41) is 2.90. The standard InChI is InChI=1S/C26H37N2O6PS.C2H6/c1-4-33-35(30,34-5-2)19-21-11-17-25(27-18-21)28-26(29)24(16-10-20-8-6-7-9-20)22-12-14-23(15-13-22)36(3,31)32;1-2/h11-15,17-18,20,24H,4-10,16,19H2,1-3H3,(H,27,28,29);1-2H3/t24-;/m1./s1. The lowest BCUT2D eigenvalue weighted by molar-refractivity contribution is -0.117. The molecule has 38 heavy (non-hydrogen) atoms. The fraction of sp³-hybridized carbons (Fsp3) is 0.571. The van der Waals surface area contributed by atoms with Crippen LogP contribution in [0.5, 0.6) is 0 Å². The van der Waals surface area contributed by atoms with Crippen molar-refractivity contribution in [2.45, 2.75) is 83.2 Å². The summed E-state index contributed by atoms with van der Waals surface area (Å²) in [6.07, 6.45) is 9.32. The number of carbonyl (C=O) groups excluding carboxylic acids is 1. The summed E-state index contributed by atoms with van der Waals surface area (Å²) < 4.78 is 47.2. The minimum Gasteiger partial charge on any atom is -0.310 e. The zero-order valence-corrected chi connectivity index (χ0v) is 25.0. The lowest BCUT2D eigenvalue weighted by Crippen LogP contribution is -2.22. The molecule has 8 nitrogen and oxygen atoms in total. The van der Waals surface area contributed by atoms with Gasteiger partial charge in [-0.1, -0.05) is 57.7 Å². The quantitative estimate of drug-likeness (QED) is 0.261. The predicted molar refractivity (Wildman–Crippen MR) is 152 cm³/mol. The third-order valence-electron chi connectivity index (χ3n) is 6.47. The van der Waals surface area contributed by atoms with Crippen LogP contribution in [0.3, 0.4) is 0 Å². The highest BCUT2D eigenvalue weighted by atomic mass is 32.2. The van der Waals surface area contributed by atoms with Gasteiger partial charge in [0.05, 0.1) is 30.2 Å². The van der Waals surface area contributed by atoms with Crippen molar-refractivity contribution in [2.75, 3.05) is 24.8 Å². The van der Waals surface area contributed by atoms with Crippen molar-refractivity contribution < 1.29 is 26.8 Å². The SMILES string of the molecule is CC.CCOP(=O)(Cc1ccc(NC(=O)[C@H](CCC2CCCC2)c2ccc(S(C)(=O)=O)cc2)nc1)OCC. The molecule has 1 heterocycles. The molecule has 1 N–H and O–H groups in total. The summed E-state index contributed by atoms with van der Waals surface area (Å²) in [5.41, 5.74) is 1.47. The van der Waals surface area contributed by atoms with Gasteiger partial charge in [-0.2, -0.15) is 0 Å². The zero-order valence-electron chi connectivity index (χ0n) is 23.3. The molecule has 212 valence electrons. The van der Waals surface area contributed by atoms with Gasteiger partial charge in [0.15, 0.2) is 9.84 Å². The van der Waals surface area contributed by atoms with Gasteiger partial charge in [-0.15, -0.1) is 0 Å². The number of pyridine rings is 1. The number of carbonyl (C=O) groups is 1. The van der Waals surface area contributed by atoms with Crippen LogP contribution in [-0.4, -0.2) is 38.8 Å². The highest BCUT2D eigenvalue weighted by Crippen LogP contribution is 2.51. The molecular weight excluding hydrogens is 523 g/mol. The minimum atomic E-state index is -3.31. The molecule has 1 aliphatic rings. The van der Waals surface area contributed by atoms with E-state index in [1.165, 1.54) is 31.9 Å². The molecule has 2 aromatic rings. The van der Waals surface area contributed by atoms with E-state index in [1.807, 2.05) is 13.8 Å². The number of anilines is 1. The second kappa shape index (κ2) is 15.5. The van der Waals surface area contributed by atoms with Crippen molar-refractivity contribution in [3.05, 3.63) is 53.7 Å². The summed E-state index contributed by atoms with van der Waals surface area (Å²) in [4.78, 5) is 17.9. The second-order valence-electron chi connectivity index (χ2n) is 9.27. The number of hydrogen-bond donors (Lipinski definition) is 1. The molecule has 3 rings (SSSR count). The number of hydrogen-bond acceptors (Lipinski definition) is 7. The van der Waals surface area contributed by atoms with Crippen LogP contribution in [0.25, 0.3) is 0 Å². The lowest BCUT2D eigenvalue weighted by Gasteiger charge is -2.20. The number of aromatic nitrogens is 1. The van der Waals surface area contributed by atoms with Crippen LogP contribution in [0.15, 0.2) is 47.5 Å². The molecule has 1 aromatic carbocycles. The first-order chi connectivity index (χ1) is 18.1. The van der Waals surface area contributed by atoms with Crippen molar-refractivity contribution in [3.63, 3.8) is 0 Å². The van der Waals surface area contributed by atoms with Crippen LogP contribution in [0, 0.1) is 5.92 Å². The van der Waals surface area contributed by atoms with E-state index in [-0.39, 0.29) is 30.2 Å². The molecule has 0 spiro atoms. The molecule has 0 radical (unpaired) electrons. The van der Waals surface area contributed by atoms with E-state index in [1.54, 1.807) is 56.4 Å². The molecular formula is C28H43N2O6PS. The van der Waals surface area contributed by atoms with Crippen LogP contribution in [0.4, 0.5) is 5.82 Å². The number of amides is 1. The highest BCUT2D eigenvalue weighted by Gasteiger charge is 2.26. The van der Waals surface area contributed by atoms with Crippen molar-refractivity contribution >= 4 is 29.2 Å². The smallest absolute Gasteiger partial charge is 0.310 e. The Morgan fingerprint density at radius 3 is 2.16 bits per heavy atom. The first-order valence-corrected chi connectivity index (χ1v) is 17.2. The summed E-state index contributed by atoms with van der Waals surface area (Å²) in [6, 6.07) is 10.00. The maximum Gasteiger partial charge on any atom is 0.335 e. The number of sulfone groups is 1. The molecule has 0 bridgehead atoms. The van der Waals surface area contributed by atoms with Crippen molar-refractivity contribution in [2.24, 2.45) is 5.92 Å². The Labute approximate surface area is 228 Å². The maximum atomic E-state index is 13.3. The Hall–Kier alpha value is -2.06. The van der Waals surface area contributed by atoms with Gasteiger partial charge >= 0.3 is 7.60 Å². The Balaban J connectivity index is 0.00000247. The van der Waals surface area contributed by atoms with Gasteiger partial charge in [-0.05, 0) is 61.9 Å². The van der Waals surface area contributed by atoms with Crippen LogP contribution < -0.4 is 5.32 Å². The molecule has 1 aliphatic carbocycles. The Morgan fingerprint density at radius 1 is 1.05 bits per heavy atom. The van der Waals surface area contributed by atoms with Gasteiger partial charge in [0.25, 0.3) is 0 Å². The maximum absolute atomic E-state index is 13.3. The van der Waals surface area contributed by atoms with Gasteiger partial charge in [-0.3, -0.25) is 9.36 Å². The fourth-order valence-electron chi connectivity index (χ4n) is 4.65. The third-order valence-corrected chi connectivity index (χ3v) is 9.65.